The van der Waals surface area contributed by atoms with Crippen LogP contribution in [0.15, 0.2) is 18.2 Å². The number of hydrogen-bond donors (Lipinski definition) is 1. The van der Waals surface area contributed by atoms with E-state index in [0.717, 1.165) is 18.7 Å². The van der Waals surface area contributed by atoms with Gasteiger partial charge in [0.1, 0.15) is 11.9 Å². The lowest BCUT2D eigenvalue weighted by atomic mass is 9.99. The average molecular weight is 203 g/mol. The normalized spacial score (nSPS) is 32.3. The molecule has 0 spiro atoms. The molecule has 1 heterocycles. The Morgan fingerprint density at radius 1 is 1.47 bits per heavy atom. The topological polar surface area (TPSA) is 35.2 Å². The molecule has 0 aromatic heterocycles. The standard InChI is InChI=1S/C13H17NO/c1-8-5-12-10(11-6-9(11)7-14)3-2-4-13(12)15-8/h2-4,8-9,11H,5-7,14H2,1H3. The summed E-state index contributed by atoms with van der Waals surface area (Å²) >= 11 is 0. The summed E-state index contributed by atoms with van der Waals surface area (Å²) in [5.41, 5.74) is 8.63. The van der Waals surface area contributed by atoms with Crippen molar-refractivity contribution in [3.63, 3.8) is 0 Å². The molecule has 1 aliphatic heterocycles. The lowest BCUT2D eigenvalue weighted by Crippen LogP contribution is -2.06. The zero-order chi connectivity index (χ0) is 10.4. The highest BCUT2D eigenvalue weighted by Gasteiger charge is 2.39. The first-order chi connectivity index (χ1) is 7.29. The molecule has 0 radical (unpaired) electrons. The van der Waals surface area contributed by atoms with Crippen molar-refractivity contribution in [3.05, 3.63) is 29.3 Å². The van der Waals surface area contributed by atoms with Crippen LogP contribution in [0.3, 0.4) is 0 Å². The minimum Gasteiger partial charge on any atom is -0.490 e. The Hall–Kier alpha value is -1.02. The molecule has 15 heavy (non-hydrogen) atoms. The van der Waals surface area contributed by atoms with Crippen molar-refractivity contribution in [1.82, 2.24) is 0 Å². The summed E-state index contributed by atoms with van der Waals surface area (Å²) in [5, 5.41) is 0. The summed E-state index contributed by atoms with van der Waals surface area (Å²) in [7, 11) is 0. The molecule has 2 N–H and O–H groups in total. The van der Waals surface area contributed by atoms with Gasteiger partial charge in [-0.3, -0.25) is 0 Å². The maximum atomic E-state index is 5.76. The zero-order valence-corrected chi connectivity index (χ0v) is 9.07. The summed E-state index contributed by atoms with van der Waals surface area (Å²) in [6.07, 6.45) is 2.68. The molecule has 1 fully saturated rings. The Morgan fingerprint density at radius 2 is 2.33 bits per heavy atom. The molecular weight excluding hydrogens is 186 g/mol. The van der Waals surface area contributed by atoms with E-state index in [1.807, 2.05) is 0 Å². The molecular formula is C13H17NO. The van der Waals surface area contributed by atoms with Gasteiger partial charge in [0, 0.05) is 12.0 Å². The molecule has 1 aromatic rings. The molecule has 2 heteroatoms. The minimum absolute atomic E-state index is 0.344. The summed E-state index contributed by atoms with van der Waals surface area (Å²) < 4.78 is 5.76. The molecule has 1 aliphatic carbocycles. The Kier molecular flexibility index (Phi) is 1.99. The summed E-state index contributed by atoms with van der Waals surface area (Å²) in [6, 6.07) is 6.45. The molecule has 0 bridgehead atoms. The van der Waals surface area contributed by atoms with Crippen LogP contribution in [0.5, 0.6) is 5.75 Å². The van der Waals surface area contributed by atoms with Gasteiger partial charge in [-0.15, -0.1) is 0 Å². The number of fused-ring (bicyclic) bond motifs is 1. The third-order valence-corrected chi connectivity index (χ3v) is 3.61. The first kappa shape index (κ1) is 9.22. The van der Waals surface area contributed by atoms with Crippen LogP contribution in [-0.4, -0.2) is 12.6 Å². The van der Waals surface area contributed by atoms with Gasteiger partial charge in [-0.25, -0.2) is 0 Å². The van der Waals surface area contributed by atoms with Crippen molar-refractivity contribution in [2.75, 3.05) is 6.54 Å². The monoisotopic (exact) mass is 203 g/mol. The molecule has 3 unspecified atom stereocenters. The Morgan fingerprint density at radius 3 is 3.07 bits per heavy atom. The Bertz CT molecular complexity index is 388. The van der Waals surface area contributed by atoms with Crippen molar-refractivity contribution in [1.29, 1.82) is 0 Å². The fourth-order valence-corrected chi connectivity index (χ4v) is 2.69. The van der Waals surface area contributed by atoms with Crippen molar-refractivity contribution < 1.29 is 4.74 Å². The van der Waals surface area contributed by atoms with Crippen molar-refractivity contribution in [2.45, 2.75) is 31.8 Å². The van der Waals surface area contributed by atoms with Gasteiger partial charge in [0.15, 0.2) is 0 Å². The summed E-state index contributed by atoms with van der Waals surface area (Å²) in [6.45, 7) is 2.96. The lowest BCUT2D eigenvalue weighted by molar-refractivity contribution is 0.254. The maximum Gasteiger partial charge on any atom is 0.123 e. The van der Waals surface area contributed by atoms with E-state index < -0.39 is 0 Å². The van der Waals surface area contributed by atoms with Gasteiger partial charge in [0.2, 0.25) is 0 Å². The highest BCUT2D eigenvalue weighted by molar-refractivity contribution is 5.47. The van der Waals surface area contributed by atoms with Crippen LogP contribution in [0.4, 0.5) is 0 Å². The van der Waals surface area contributed by atoms with E-state index in [4.69, 9.17) is 10.5 Å². The summed E-state index contributed by atoms with van der Waals surface area (Å²) in [4.78, 5) is 0. The van der Waals surface area contributed by atoms with E-state index >= 15 is 0 Å². The van der Waals surface area contributed by atoms with Crippen LogP contribution < -0.4 is 10.5 Å². The van der Waals surface area contributed by atoms with Crippen molar-refractivity contribution in [2.24, 2.45) is 11.7 Å². The first-order valence-corrected chi connectivity index (χ1v) is 5.78. The van der Waals surface area contributed by atoms with E-state index in [2.05, 4.69) is 25.1 Å². The minimum atomic E-state index is 0.344. The fourth-order valence-electron chi connectivity index (χ4n) is 2.69. The van der Waals surface area contributed by atoms with Gasteiger partial charge in [0.05, 0.1) is 0 Å². The smallest absolute Gasteiger partial charge is 0.123 e. The van der Waals surface area contributed by atoms with Crippen LogP contribution in [0.25, 0.3) is 0 Å². The Labute approximate surface area is 90.4 Å². The fraction of sp³-hybridized carbons (Fsp3) is 0.538. The second kappa shape index (κ2) is 3.24. The van der Waals surface area contributed by atoms with Crippen molar-refractivity contribution >= 4 is 0 Å². The second-order valence-corrected chi connectivity index (χ2v) is 4.79. The predicted molar refractivity (Wildman–Crippen MR) is 60.1 cm³/mol. The lowest BCUT2D eigenvalue weighted by Gasteiger charge is -2.05. The van der Waals surface area contributed by atoms with Gasteiger partial charge >= 0.3 is 0 Å². The highest BCUT2D eigenvalue weighted by Crippen LogP contribution is 2.50. The van der Waals surface area contributed by atoms with E-state index in [0.29, 0.717) is 17.9 Å². The SMILES string of the molecule is CC1Cc2c(cccc2C2CC2CN)O1. The van der Waals surface area contributed by atoms with Gasteiger partial charge in [-0.05, 0) is 43.4 Å². The van der Waals surface area contributed by atoms with Gasteiger partial charge in [-0.1, -0.05) is 12.1 Å². The summed E-state index contributed by atoms with van der Waals surface area (Å²) in [5.74, 6) is 2.52. The van der Waals surface area contributed by atoms with Gasteiger partial charge in [-0.2, -0.15) is 0 Å². The van der Waals surface area contributed by atoms with Crippen LogP contribution in [0, 0.1) is 5.92 Å². The molecule has 1 saturated carbocycles. The number of rotatable bonds is 2. The van der Waals surface area contributed by atoms with E-state index in [-0.39, 0.29) is 0 Å². The van der Waals surface area contributed by atoms with E-state index in [1.165, 1.54) is 17.5 Å². The van der Waals surface area contributed by atoms with Crippen LogP contribution >= 0.6 is 0 Å². The third kappa shape index (κ3) is 1.44. The van der Waals surface area contributed by atoms with Crippen LogP contribution in [-0.2, 0) is 6.42 Å². The number of nitrogens with two attached hydrogens (primary N) is 1. The molecule has 2 nitrogen and oxygen atoms in total. The average Bonchev–Trinajstić information content (AvgIpc) is 2.91. The highest BCUT2D eigenvalue weighted by atomic mass is 16.5. The van der Waals surface area contributed by atoms with Crippen LogP contribution in [0.2, 0.25) is 0 Å². The van der Waals surface area contributed by atoms with Crippen LogP contribution in [0.1, 0.15) is 30.4 Å². The maximum absolute atomic E-state index is 5.76. The van der Waals surface area contributed by atoms with Crippen molar-refractivity contribution in [3.8, 4) is 5.75 Å². The van der Waals surface area contributed by atoms with Gasteiger partial charge < -0.3 is 10.5 Å². The second-order valence-electron chi connectivity index (χ2n) is 4.79. The Balaban J connectivity index is 1.94. The molecule has 3 rings (SSSR count). The first-order valence-electron chi connectivity index (χ1n) is 5.78. The molecule has 1 aromatic carbocycles. The van der Waals surface area contributed by atoms with E-state index in [9.17, 15) is 0 Å². The number of hydrogen-bond acceptors (Lipinski definition) is 2. The van der Waals surface area contributed by atoms with Gasteiger partial charge in [0.25, 0.3) is 0 Å². The quantitative estimate of drug-likeness (QED) is 0.798. The largest absolute Gasteiger partial charge is 0.490 e. The molecule has 0 saturated heterocycles. The third-order valence-electron chi connectivity index (χ3n) is 3.61. The zero-order valence-electron chi connectivity index (χ0n) is 9.07. The molecule has 0 amide bonds. The van der Waals surface area contributed by atoms with E-state index in [1.54, 1.807) is 0 Å². The number of ether oxygens (including phenoxy) is 1. The number of benzene rings is 1. The molecule has 3 atom stereocenters. The molecule has 2 aliphatic rings. The molecule has 80 valence electrons. The predicted octanol–water partition coefficient (Wildman–Crippen LogP) is 2.07.